The van der Waals surface area contributed by atoms with Crippen LogP contribution in [0, 0.1) is 0 Å². The number of benzene rings is 3. The van der Waals surface area contributed by atoms with Crippen LogP contribution >= 0.6 is 0 Å². The van der Waals surface area contributed by atoms with Gasteiger partial charge in [0.2, 0.25) is 0 Å². The van der Waals surface area contributed by atoms with Crippen molar-refractivity contribution in [3.63, 3.8) is 0 Å². The third kappa shape index (κ3) is 4.10. The zero-order valence-electron chi connectivity index (χ0n) is 14.5. The molecule has 0 heterocycles. The van der Waals surface area contributed by atoms with Crippen LogP contribution in [0.25, 0.3) is 0 Å². The van der Waals surface area contributed by atoms with Gasteiger partial charge in [-0.25, -0.2) is 0 Å². The Kier molecular flexibility index (Phi) is 5.66. The smallest absolute Gasteiger partial charge is 0.325 e. The van der Waals surface area contributed by atoms with Gasteiger partial charge in [-0.15, -0.1) is 0 Å². The SMILES string of the molecule is COc1ccc(C(NC(c2ccccc2)c2ccccc2)C(=O)O)cc1. The van der Waals surface area contributed by atoms with Gasteiger partial charge in [0.15, 0.2) is 0 Å². The molecule has 132 valence electrons. The van der Waals surface area contributed by atoms with Gasteiger partial charge < -0.3 is 9.84 Å². The molecule has 0 aliphatic heterocycles. The van der Waals surface area contributed by atoms with Crippen LogP contribution in [0.15, 0.2) is 84.9 Å². The molecule has 0 aromatic heterocycles. The van der Waals surface area contributed by atoms with Crippen LogP contribution in [-0.2, 0) is 4.79 Å². The van der Waals surface area contributed by atoms with Gasteiger partial charge in [-0.1, -0.05) is 72.8 Å². The van der Waals surface area contributed by atoms with E-state index in [-0.39, 0.29) is 6.04 Å². The number of rotatable bonds is 7. The molecule has 3 rings (SSSR count). The highest BCUT2D eigenvalue weighted by Crippen LogP contribution is 2.27. The Hall–Kier alpha value is -3.11. The summed E-state index contributed by atoms with van der Waals surface area (Å²) in [6.07, 6.45) is 0. The largest absolute Gasteiger partial charge is 0.497 e. The van der Waals surface area contributed by atoms with E-state index >= 15 is 0 Å². The Morgan fingerprint density at radius 1 is 0.808 bits per heavy atom. The summed E-state index contributed by atoms with van der Waals surface area (Å²) in [6, 6.07) is 25.7. The molecule has 26 heavy (non-hydrogen) atoms. The quantitative estimate of drug-likeness (QED) is 0.672. The number of ether oxygens (including phenoxy) is 1. The van der Waals surface area contributed by atoms with E-state index in [9.17, 15) is 9.90 Å². The molecule has 0 saturated heterocycles. The predicted octanol–water partition coefficient (Wildman–Crippen LogP) is 4.20. The molecule has 0 aliphatic rings. The molecular weight excluding hydrogens is 326 g/mol. The number of aliphatic carboxylic acids is 1. The predicted molar refractivity (Wildman–Crippen MR) is 101 cm³/mol. The summed E-state index contributed by atoms with van der Waals surface area (Å²) in [4.78, 5) is 12.0. The van der Waals surface area contributed by atoms with Crippen LogP contribution in [0.3, 0.4) is 0 Å². The van der Waals surface area contributed by atoms with Gasteiger partial charge in [-0.05, 0) is 28.8 Å². The number of nitrogens with one attached hydrogen (secondary N) is 1. The average molecular weight is 347 g/mol. The minimum atomic E-state index is -0.924. The van der Waals surface area contributed by atoms with Crippen molar-refractivity contribution in [1.82, 2.24) is 5.32 Å². The molecule has 0 spiro atoms. The maximum Gasteiger partial charge on any atom is 0.325 e. The molecule has 3 aromatic carbocycles. The average Bonchev–Trinajstić information content (AvgIpc) is 2.70. The fourth-order valence-corrected chi connectivity index (χ4v) is 2.95. The molecule has 4 nitrogen and oxygen atoms in total. The van der Waals surface area contributed by atoms with Crippen LogP contribution in [0.4, 0.5) is 0 Å². The van der Waals surface area contributed by atoms with Crippen molar-refractivity contribution in [2.75, 3.05) is 7.11 Å². The molecule has 4 heteroatoms. The summed E-state index contributed by atoms with van der Waals surface area (Å²) in [7, 11) is 1.59. The summed E-state index contributed by atoms with van der Waals surface area (Å²) in [5, 5.41) is 13.1. The van der Waals surface area contributed by atoms with E-state index in [0.717, 1.165) is 11.1 Å². The number of methoxy groups -OCH3 is 1. The minimum Gasteiger partial charge on any atom is -0.497 e. The first-order chi connectivity index (χ1) is 12.7. The lowest BCUT2D eigenvalue weighted by atomic mass is 9.96. The van der Waals surface area contributed by atoms with Crippen LogP contribution in [-0.4, -0.2) is 18.2 Å². The number of carbonyl (C=O) groups is 1. The van der Waals surface area contributed by atoms with E-state index < -0.39 is 12.0 Å². The highest BCUT2D eigenvalue weighted by Gasteiger charge is 2.25. The van der Waals surface area contributed by atoms with Crippen molar-refractivity contribution in [3.8, 4) is 5.75 Å². The molecule has 0 bridgehead atoms. The molecule has 0 aliphatic carbocycles. The van der Waals surface area contributed by atoms with Crippen LogP contribution in [0.1, 0.15) is 28.8 Å². The van der Waals surface area contributed by atoms with Crippen LogP contribution < -0.4 is 10.1 Å². The van der Waals surface area contributed by atoms with Gasteiger partial charge in [0.05, 0.1) is 13.2 Å². The minimum absolute atomic E-state index is 0.236. The summed E-state index contributed by atoms with van der Waals surface area (Å²) < 4.78 is 5.16. The second kappa shape index (κ2) is 8.32. The lowest BCUT2D eigenvalue weighted by Gasteiger charge is -2.25. The molecule has 0 radical (unpaired) electrons. The lowest BCUT2D eigenvalue weighted by Crippen LogP contribution is -2.32. The zero-order valence-corrected chi connectivity index (χ0v) is 14.5. The summed E-state index contributed by atoms with van der Waals surface area (Å²) in [6.45, 7) is 0. The molecule has 3 aromatic rings. The number of carboxylic acid groups (broad SMARTS) is 1. The fraction of sp³-hybridized carbons (Fsp3) is 0.136. The number of hydrogen-bond acceptors (Lipinski definition) is 3. The summed E-state index contributed by atoms with van der Waals surface area (Å²) >= 11 is 0. The van der Waals surface area contributed by atoms with Gasteiger partial charge in [0, 0.05) is 0 Å². The molecule has 0 saturated carbocycles. The van der Waals surface area contributed by atoms with Crippen molar-refractivity contribution in [1.29, 1.82) is 0 Å². The monoisotopic (exact) mass is 347 g/mol. The summed E-state index contributed by atoms with van der Waals surface area (Å²) in [5.74, 6) is -0.229. The van der Waals surface area contributed by atoms with Crippen molar-refractivity contribution in [2.24, 2.45) is 0 Å². The highest BCUT2D eigenvalue weighted by atomic mass is 16.5. The Balaban J connectivity index is 1.96. The van der Waals surface area contributed by atoms with Crippen LogP contribution in [0.2, 0.25) is 0 Å². The number of hydrogen-bond donors (Lipinski definition) is 2. The van der Waals surface area contributed by atoms with E-state index in [1.165, 1.54) is 0 Å². The first kappa shape index (κ1) is 17.7. The van der Waals surface area contributed by atoms with Gasteiger partial charge in [-0.3, -0.25) is 10.1 Å². The van der Waals surface area contributed by atoms with E-state index in [1.54, 1.807) is 31.4 Å². The first-order valence-corrected chi connectivity index (χ1v) is 8.41. The third-order valence-electron chi connectivity index (χ3n) is 4.30. The Morgan fingerprint density at radius 3 is 1.73 bits per heavy atom. The maximum absolute atomic E-state index is 12.0. The second-order valence-electron chi connectivity index (χ2n) is 5.97. The van der Waals surface area contributed by atoms with E-state index in [4.69, 9.17) is 4.74 Å². The van der Waals surface area contributed by atoms with Crippen molar-refractivity contribution < 1.29 is 14.6 Å². The van der Waals surface area contributed by atoms with Gasteiger partial charge in [0.1, 0.15) is 11.8 Å². The Bertz CT molecular complexity index is 793. The molecule has 2 N–H and O–H groups in total. The molecule has 0 amide bonds. The van der Waals surface area contributed by atoms with Crippen molar-refractivity contribution in [3.05, 3.63) is 102 Å². The normalized spacial score (nSPS) is 11.9. The van der Waals surface area contributed by atoms with E-state index in [1.807, 2.05) is 60.7 Å². The standard InChI is InChI=1S/C22H21NO3/c1-26-19-14-12-18(13-15-19)21(22(24)25)23-20(16-8-4-2-5-9-16)17-10-6-3-7-11-17/h2-15,20-21,23H,1H3,(H,24,25). The van der Waals surface area contributed by atoms with E-state index in [2.05, 4.69) is 5.32 Å². The van der Waals surface area contributed by atoms with Crippen molar-refractivity contribution in [2.45, 2.75) is 12.1 Å². The van der Waals surface area contributed by atoms with Crippen LogP contribution in [0.5, 0.6) is 5.75 Å². The summed E-state index contributed by atoms with van der Waals surface area (Å²) in [5.41, 5.74) is 2.70. The van der Waals surface area contributed by atoms with Gasteiger partial charge in [-0.2, -0.15) is 0 Å². The van der Waals surface area contributed by atoms with Gasteiger partial charge in [0.25, 0.3) is 0 Å². The lowest BCUT2D eigenvalue weighted by molar-refractivity contribution is -0.139. The van der Waals surface area contributed by atoms with Crippen molar-refractivity contribution >= 4 is 5.97 Å². The Labute approximate surface area is 153 Å². The topological polar surface area (TPSA) is 58.6 Å². The highest BCUT2D eigenvalue weighted by molar-refractivity contribution is 5.75. The zero-order chi connectivity index (χ0) is 18.4. The fourth-order valence-electron chi connectivity index (χ4n) is 2.95. The maximum atomic E-state index is 12.0. The molecular formula is C22H21NO3. The molecule has 1 unspecified atom stereocenters. The third-order valence-corrected chi connectivity index (χ3v) is 4.30. The van der Waals surface area contributed by atoms with E-state index in [0.29, 0.717) is 11.3 Å². The van der Waals surface area contributed by atoms with Gasteiger partial charge >= 0.3 is 5.97 Å². The first-order valence-electron chi connectivity index (χ1n) is 8.41. The molecule has 0 fully saturated rings. The molecule has 1 atom stereocenters. The number of carboxylic acids is 1. The Morgan fingerprint density at radius 2 is 1.31 bits per heavy atom. The second-order valence-corrected chi connectivity index (χ2v) is 5.97.